The lowest BCUT2D eigenvalue weighted by atomic mass is 10.1. The van der Waals surface area contributed by atoms with E-state index in [1.54, 1.807) is 36.5 Å². The third-order valence-electron chi connectivity index (χ3n) is 8.20. The van der Waals surface area contributed by atoms with Crippen molar-refractivity contribution in [2.45, 2.75) is 173 Å². The number of phosphoric acid groups is 1. The fraction of sp³-hybridized carbons (Fsp3) is 0.707. The second-order valence-electron chi connectivity index (χ2n) is 13.3. The molecule has 3 atom stereocenters. The highest BCUT2D eigenvalue weighted by Gasteiger charge is 2.23. The summed E-state index contributed by atoms with van der Waals surface area (Å²) in [5, 5.41) is 20.2. The summed E-state index contributed by atoms with van der Waals surface area (Å²) < 4.78 is 26.2. The largest absolute Gasteiger partial charge is 0.469 e. The van der Waals surface area contributed by atoms with Crippen LogP contribution in [0.4, 0.5) is 0 Å². The van der Waals surface area contributed by atoms with Crippen LogP contribution in [-0.2, 0) is 28.2 Å². The Bertz CT molecular complexity index is 1060. The van der Waals surface area contributed by atoms with Crippen LogP contribution in [0.5, 0.6) is 0 Å². The van der Waals surface area contributed by atoms with Crippen molar-refractivity contribution in [3.05, 3.63) is 60.8 Å². The molecule has 52 heavy (non-hydrogen) atoms. The van der Waals surface area contributed by atoms with Crippen molar-refractivity contribution in [2.75, 3.05) is 13.2 Å². The molecule has 4 N–H and O–H groups in total. The lowest BCUT2D eigenvalue weighted by Gasteiger charge is -2.18. The van der Waals surface area contributed by atoms with E-state index in [4.69, 9.17) is 19.3 Å². The average Bonchev–Trinajstić information content (AvgIpc) is 3.10. The van der Waals surface area contributed by atoms with Crippen LogP contribution in [-0.4, -0.2) is 63.5 Å². The summed E-state index contributed by atoms with van der Waals surface area (Å²) in [6, 6.07) is 0. The van der Waals surface area contributed by atoms with E-state index in [2.05, 4.69) is 36.6 Å². The molecule has 0 unspecified atom stereocenters. The number of allylic oxidation sites excluding steroid dienone is 7. The topological polar surface area (TPSA) is 160 Å². The van der Waals surface area contributed by atoms with E-state index in [0.717, 1.165) is 44.9 Å². The molecule has 0 bridgehead atoms. The number of esters is 2. The van der Waals surface area contributed by atoms with Crippen molar-refractivity contribution in [2.24, 2.45) is 0 Å². The molecule has 0 heterocycles. The molecule has 0 spiro atoms. The molecule has 0 fully saturated rings. The molecule has 0 aromatic heterocycles. The Labute approximate surface area is 314 Å². The molecule has 0 aliphatic rings. The summed E-state index contributed by atoms with van der Waals surface area (Å²) in [6.07, 6.45) is 37.1. The molecule has 0 aromatic carbocycles. The summed E-state index contributed by atoms with van der Waals surface area (Å²) in [4.78, 5) is 42.8. The number of phosphoric ester groups is 1. The highest BCUT2D eigenvalue weighted by molar-refractivity contribution is 7.46. The van der Waals surface area contributed by atoms with Crippen LogP contribution in [0.3, 0.4) is 0 Å². The summed E-state index contributed by atoms with van der Waals surface area (Å²) in [5.74, 6) is -1.14. The van der Waals surface area contributed by atoms with Crippen molar-refractivity contribution in [1.82, 2.24) is 0 Å². The zero-order valence-corrected chi connectivity index (χ0v) is 33.1. The van der Waals surface area contributed by atoms with Crippen molar-refractivity contribution in [1.29, 1.82) is 0 Å². The highest BCUT2D eigenvalue weighted by atomic mass is 31.2. The van der Waals surface area contributed by atoms with E-state index in [0.29, 0.717) is 19.3 Å². The molecule has 0 amide bonds. The maximum Gasteiger partial charge on any atom is 0.469 e. The number of ether oxygens (including phenoxy) is 2. The summed E-state index contributed by atoms with van der Waals surface area (Å²) >= 11 is 0. The second kappa shape index (κ2) is 35.7. The molecule has 0 rings (SSSR count). The van der Waals surface area contributed by atoms with Crippen LogP contribution < -0.4 is 0 Å². The first-order valence-corrected chi connectivity index (χ1v) is 21.3. The minimum Gasteiger partial charge on any atom is -0.462 e. The lowest BCUT2D eigenvalue weighted by molar-refractivity contribution is -0.161. The Morgan fingerprint density at radius 2 is 1.10 bits per heavy atom. The molecular weight excluding hydrogens is 683 g/mol. The van der Waals surface area contributed by atoms with E-state index in [9.17, 15) is 24.4 Å². The molecule has 0 aliphatic carbocycles. The molecule has 11 heteroatoms. The predicted molar refractivity (Wildman–Crippen MR) is 209 cm³/mol. The van der Waals surface area contributed by atoms with Crippen LogP contribution in [0, 0.1) is 0 Å². The number of carbonyl (C=O) groups is 2. The average molecular weight is 755 g/mol. The number of aliphatic hydroxyl groups is 2. The zero-order chi connectivity index (χ0) is 38.5. The van der Waals surface area contributed by atoms with E-state index in [-0.39, 0.29) is 25.9 Å². The van der Waals surface area contributed by atoms with Gasteiger partial charge in [0.25, 0.3) is 0 Å². The van der Waals surface area contributed by atoms with Gasteiger partial charge in [0.05, 0.1) is 18.8 Å². The first kappa shape index (κ1) is 49.7. The minimum absolute atomic E-state index is 0.0519. The van der Waals surface area contributed by atoms with Gasteiger partial charge in [0, 0.05) is 12.8 Å². The Hall–Kier alpha value is -2.33. The van der Waals surface area contributed by atoms with Crippen LogP contribution in [0.2, 0.25) is 0 Å². The van der Waals surface area contributed by atoms with Gasteiger partial charge in [0.15, 0.2) is 6.10 Å². The molecule has 300 valence electrons. The van der Waals surface area contributed by atoms with Gasteiger partial charge in [0.2, 0.25) is 0 Å². The van der Waals surface area contributed by atoms with Crippen LogP contribution in [0.15, 0.2) is 60.8 Å². The van der Waals surface area contributed by atoms with Gasteiger partial charge in [-0.3, -0.25) is 14.1 Å². The number of aliphatic hydroxyl groups excluding tert-OH is 2. The second-order valence-corrected chi connectivity index (χ2v) is 14.5. The van der Waals surface area contributed by atoms with Crippen LogP contribution in [0.1, 0.15) is 155 Å². The standard InChI is InChI=1S/C41H71O10P/c1-3-5-7-9-11-12-13-14-15-16-17-18-19-21-27-33-40(44)49-35-39(36-50-52(46,47)48)51-41(45)34-28-32-38(43)31-26-23-22-25-30-37(42)29-24-20-10-8-6-4-2/h14-15,20,22-26,30-31,37-39,42-43H,3-13,16-19,21,27-29,32-36H2,1-2H3,(H2,46,47,48)/b15-14-,23-22+,24-20-,30-25+,31-26-/t37-,38-,39+/m0/s1. The van der Waals surface area contributed by atoms with E-state index >= 15 is 0 Å². The van der Waals surface area contributed by atoms with Gasteiger partial charge >= 0.3 is 19.8 Å². The molecule has 10 nitrogen and oxygen atoms in total. The van der Waals surface area contributed by atoms with Crippen LogP contribution in [0.25, 0.3) is 0 Å². The van der Waals surface area contributed by atoms with Gasteiger partial charge in [-0.05, 0) is 64.2 Å². The summed E-state index contributed by atoms with van der Waals surface area (Å²) in [7, 11) is -4.83. The number of hydrogen-bond donors (Lipinski definition) is 4. The van der Waals surface area contributed by atoms with Gasteiger partial charge in [0.1, 0.15) is 6.61 Å². The van der Waals surface area contributed by atoms with E-state index < -0.39 is 44.7 Å². The molecule has 0 saturated carbocycles. The van der Waals surface area contributed by atoms with Crippen molar-refractivity contribution >= 4 is 19.8 Å². The zero-order valence-electron chi connectivity index (χ0n) is 32.2. The minimum atomic E-state index is -4.83. The monoisotopic (exact) mass is 754 g/mol. The highest BCUT2D eigenvalue weighted by Crippen LogP contribution is 2.36. The van der Waals surface area contributed by atoms with Gasteiger partial charge < -0.3 is 29.5 Å². The quantitative estimate of drug-likeness (QED) is 0.0161. The Kier molecular flexibility index (Phi) is 34.1. The first-order valence-electron chi connectivity index (χ1n) is 19.8. The smallest absolute Gasteiger partial charge is 0.462 e. The van der Waals surface area contributed by atoms with Crippen LogP contribution >= 0.6 is 7.82 Å². The summed E-state index contributed by atoms with van der Waals surface area (Å²) in [6.45, 7) is 3.39. The number of hydrogen-bond acceptors (Lipinski definition) is 8. The van der Waals surface area contributed by atoms with E-state index in [1.807, 2.05) is 6.08 Å². The van der Waals surface area contributed by atoms with Gasteiger partial charge in [-0.1, -0.05) is 139 Å². The van der Waals surface area contributed by atoms with E-state index in [1.165, 1.54) is 57.8 Å². The number of unbranched alkanes of at least 4 members (excludes halogenated alkanes) is 14. The number of carbonyl (C=O) groups excluding carboxylic acids is 2. The molecule has 0 aliphatic heterocycles. The lowest BCUT2D eigenvalue weighted by Crippen LogP contribution is -2.29. The Morgan fingerprint density at radius 1 is 0.596 bits per heavy atom. The van der Waals surface area contributed by atoms with Gasteiger partial charge in [-0.25, -0.2) is 4.57 Å². The summed E-state index contributed by atoms with van der Waals surface area (Å²) in [5.41, 5.74) is 0. The Balaban J connectivity index is 4.25. The van der Waals surface area contributed by atoms with Crippen molar-refractivity contribution in [3.8, 4) is 0 Å². The molecule has 0 saturated heterocycles. The molecule has 0 aromatic rings. The third-order valence-corrected chi connectivity index (χ3v) is 8.68. The predicted octanol–water partition coefficient (Wildman–Crippen LogP) is 9.68. The van der Waals surface area contributed by atoms with Gasteiger partial charge in [-0.15, -0.1) is 0 Å². The fourth-order valence-corrected chi connectivity index (χ4v) is 5.51. The third kappa shape index (κ3) is 37.4. The maximum absolute atomic E-state index is 12.4. The van der Waals surface area contributed by atoms with Gasteiger partial charge in [-0.2, -0.15) is 0 Å². The normalized spacial score (nSPS) is 14.3. The van der Waals surface area contributed by atoms with Crippen molar-refractivity contribution in [3.63, 3.8) is 0 Å². The SMILES string of the molecule is CCCCC/C=C\C[C@H](O)/C=C/C=C/C=C\[C@H](O)CCCC(=O)O[C@H](COC(=O)CCCCCCC/C=C\CCCCCCCC)COP(=O)(O)O. The molecule has 0 radical (unpaired) electrons. The first-order chi connectivity index (χ1) is 25.1. The number of rotatable bonds is 35. The van der Waals surface area contributed by atoms with Crippen molar-refractivity contribution < 1.29 is 48.2 Å². The maximum atomic E-state index is 12.4. The Morgan fingerprint density at radius 3 is 1.71 bits per heavy atom. The fourth-order valence-electron chi connectivity index (χ4n) is 5.15. The molecular formula is C41H71O10P.